The number of halogens is 1. The average molecular weight is 521 g/mol. The van der Waals surface area contributed by atoms with Crippen LogP contribution in [-0.4, -0.2) is 11.0 Å². The third kappa shape index (κ3) is 5.84. The fraction of sp³-hybridized carbons (Fsp3) is 0.879. The van der Waals surface area contributed by atoms with Crippen LogP contribution in [0.5, 0.6) is 0 Å². The average Bonchev–Trinajstić information content (AvgIpc) is 2.85. The van der Waals surface area contributed by atoms with Crippen molar-refractivity contribution in [3.63, 3.8) is 0 Å². The van der Waals surface area contributed by atoms with Gasteiger partial charge in [-0.15, -0.1) is 6.58 Å². The first kappa shape index (κ1) is 31.6. The number of hydrogen-bond donors (Lipinski definition) is 0. The summed E-state index contributed by atoms with van der Waals surface area (Å²) in [6.45, 7) is 21.3. The molecule has 0 bridgehead atoms. The molecule has 4 rings (SSSR count). The molecular weight excluding hydrogens is 464 g/mol. The Morgan fingerprint density at radius 2 is 1.69 bits per heavy atom. The molecule has 4 fully saturated rings. The van der Waals surface area contributed by atoms with Crippen LogP contribution in [-0.2, 0) is 9.59 Å². The number of unbranched alkanes of at least 4 members (excludes halogenated alkanes) is 1. The standard InChI is InChI=1S/C28H45ClO2.C3H6.C2H6/c1-6-7-8-17(2)25-19-10-12-24-27(4)16-14-23(30)18(3)21(27)13-15-28(24,5)22(19)11-9-20(25)26(29)31;1-3-2;1-2/h17-22,24-25H,6-16H2,1-5H3;3H,1H2,2H3;1-2H3. The van der Waals surface area contributed by atoms with Gasteiger partial charge in [0.2, 0.25) is 5.24 Å². The lowest BCUT2D eigenvalue weighted by Gasteiger charge is -2.66. The first-order chi connectivity index (χ1) is 17.1. The van der Waals surface area contributed by atoms with Crippen molar-refractivity contribution in [1.82, 2.24) is 0 Å². The SMILES string of the molecule is C=CC.CC.CCCCC(C)C1C(C(=O)Cl)CCC2C1CCC1C3(C)CCC(=O)C(C)C3CCC21C. The Morgan fingerprint density at radius 3 is 2.28 bits per heavy atom. The minimum Gasteiger partial charge on any atom is -0.299 e. The molecule has 4 saturated carbocycles. The zero-order valence-electron chi connectivity index (χ0n) is 24.9. The summed E-state index contributed by atoms with van der Waals surface area (Å²) in [6.07, 6.45) is 14.5. The van der Waals surface area contributed by atoms with Crippen molar-refractivity contribution in [2.75, 3.05) is 0 Å². The Bertz CT molecular complexity index is 746. The van der Waals surface area contributed by atoms with Gasteiger partial charge in [-0.3, -0.25) is 9.59 Å². The number of ketones is 1. The Labute approximate surface area is 228 Å². The number of fused-ring (bicyclic) bond motifs is 5. The number of rotatable bonds is 5. The molecule has 2 nitrogen and oxygen atoms in total. The minimum atomic E-state index is -0.0747. The van der Waals surface area contributed by atoms with Crippen molar-refractivity contribution in [3.05, 3.63) is 12.7 Å². The summed E-state index contributed by atoms with van der Waals surface area (Å²) in [4.78, 5) is 25.0. The van der Waals surface area contributed by atoms with Gasteiger partial charge in [0.25, 0.3) is 0 Å². The van der Waals surface area contributed by atoms with Gasteiger partial charge >= 0.3 is 0 Å². The topological polar surface area (TPSA) is 34.1 Å². The van der Waals surface area contributed by atoms with Crippen LogP contribution in [0.15, 0.2) is 12.7 Å². The lowest BCUT2D eigenvalue weighted by molar-refractivity contribution is -0.183. The normalized spacial score (nSPS) is 42.1. The summed E-state index contributed by atoms with van der Waals surface area (Å²) in [5, 5.41) is -0.0747. The van der Waals surface area contributed by atoms with Crippen LogP contribution in [0.2, 0.25) is 0 Å². The number of allylic oxidation sites excluding steroid dienone is 1. The summed E-state index contributed by atoms with van der Waals surface area (Å²) in [6, 6.07) is 0. The van der Waals surface area contributed by atoms with Gasteiger partial charge in [0.05, 0.1) is 0 Å². The lowest BCUT2D eigenvalue weighted by atomic mass is 9.38. The smallest absolute Gasteiger partial charge is 0.225 e. The van der Waals surface area contributed by atoms with Crippen molar-refractivity contribution in [1.29, 1.82) is 0 Å². The van der Waals surface area contributed by atoms with Crippen LogP contribution in [0.4, 0.5) is 0 Å². The van der Waals surface area contributed by atoms with E-state index in [-0.39, 0.29) is 17.1 Å². The molecule has 0 spiro atoms. The largest absolute Gasteiger partial charge is 0.299 e. The fourth-order valence-corrected chi connectivity index (χ4v) is 10.1. The predicted octanol–water partition coefficient (Wildman–Crippen LogP) is 9.89. The van der Waals surface area contributed by atoms with Gasteiger partial charge in [0, 0.05) is 18.3 Å². The second-order valence-electron chi connectivity index (χ2n) is 12.9. The molecule has 0 aromatic rings. The van der Waals surface area contributed by atoms with Crippen LogP contribution in [0.3, 0.4) is 0 Å². The molecule has 0 saturated heterocycles. The minimum absolute atomic E-state index is 0.0640. The van der Waals surface area contributed by atoms with Crippen LogP contribution in [0.25, 0.3) is 0 Å². The van der Waals surface area contributed by atoms with E-state index in [2.05, 4.69) is 41.2 Å². The van der Waals surface area contributed by atoms with Crippen molar-refractivity contribution < 1.29 is 9.59 Å². The second-order valence-corrected chi connectivity index (χ2v) is 13.3. The number of carbonyl (C=O) groups excluding carboxylic acids is 2. The van der Waals surface area contributed by atoms with Crippen LogP contribution in [0.1, 0.15) is 126 Å². The van der Waals surface area contributed by atoms with E-state index in [4.69, 9.17) is 11.6 Å². The van der Waals surface area contributed by atoms with E-state index in [0.29, 0.717) is 40.3 Å². The molecule has 36 heavy (non-hydrogen) atoms. The maximum atomic E-state index is 12.5. The van der Waals surface area contributed by atoms with Crippen molar-refractivity contribution in [2.45, 2.75) is 126 Å². The molecule has 0 aromatic heterocycles. The Morgan fingerprint density at radius 1 is 1.08 bits per heavy atom. The second kappa shape index (κ2) is 13.4. The van der Waals surface area contributed by atoms with Crippen LogP contribution < -0.4 is 0 Å². The Hall–Kier alpha value is -0.630. The van der Waals surface area contributed by atoms with Gasteiger partial charge in [-0.2, -0.15) is 0 Å². The highest BCUT2D eigenvalue weighted by Crippen LogP contribution is 2.69. The highest BCUT2D eigenvalue weighted by molar-refractivity contribution is 6.64. The molecule has 0 N–H and O–H groups in total. The monoisotopic (exact) mass is 520 g/mol. The van der Waals surface area contributed by atoms with E-state index in [9.17, 15) is 9.59 Å². The van der Waals surface area contributed by atoms with E-state index in [1.807, 2.05) is 20.8 Å². The molecule has 4 aliphatic carbocycles. The summed E-state index contributed by atoms with van der Waals surface area (Å²) in [5.41, 5.74) is 0.672. The molecule has 4 aliphatic rings. The lowest BCUT2D eigenvalue weighted by Crippen LogP contribution is -2.60. The zero-order valence-corrected chi connectivity index (χ0v) is 25.6. The molecule has 10 unspecified atom stereocenters. The van der Waals surface area contributed by atoms with E-state index < -0.39 is 0 Å². The Balaban J connectivity index is 0.000000850. The predicted molar refractivity (Wildman–Crippen MR) is 155 cm³/mol. The summed E-state index contributed by atoms with van der Waals surface area (Å²) in [5.74, 6) is 4.53. The van der Waals surface area contributed by atoms with Gasteiger partial charge in [-0.25, -0.2) is 0 Å². The van der Waals surface area contributed by atoms with E-state index in [1.54, 1.807) is 6.08 Å². The molecular formula is C33H57ClO2. The van der Waals surface area contributed by atoms with Gasteiger partial charge in [-0.1, -0.05) is 73.8 Å². The molecule has 0 aliphatic heterocycles. The van der Waals surface area contributed by atoms with Gasteiger partial charge in [0.1, 0.15) is 5.78 Å². The maximum Gasteiger partial charge on any atom is 0.225 e. The zero-order chi connectivity index (χ0) is 27.3. The molecule has 10 atom stereocenters. The molecule has 208 valence electrons. The van der Waals surface area contributed by atoms with E-state index >= 15 is 0 Å². The van der Waals surface area contributed by atoms with Gasteiger partial charge < -0.3 is 0 Å². The summed E-state index contributed by atoms with van der Waals surface area (Å²) < 4.78 is 0. The first-order valence-electron chi connectivity index (χ1n) is 15.4. The van der Waals surface area contributed by atoms with E-state index in [0.717, 1.165) is 31.1 Å². The van der Waals surface area contributed by atoms with Crippen LogP contribution >= 0.6 is 11.6 Å². The first-order valence-corrected chi connectivity index (χ1v) is 15.7. The summed E-state index contributed by atoms with van der Waals surface area (Å²) >= 11 is 6.20. The highest BCUT2D eigenvalue weighted by Gasteiger charge is 2.63. The molecule has 3 heteroatoms. The van der Waals surface area contributed by atoms with Crippen molar-refractivity contribution in [3.8, 4) is 0 Å². The third-order valence-corrected chi connectivity index (χ3v) is 11.6. The number of carbonyl (C=O) groups is 2. The van der Waals surface area contributed by atoms with Gasteiger partial charge in [-0.05, 0) is 110 Å². The highest BCUT2D eigenvalue weighted by atomic mass is 35.5. The molecule has 0 amide bonds. The number of hydrogen-bond acceptors (Lipinski definition) is 2. The third-order valence-electron chi connectivity index (χ3n) is 11.3. The Kier molecular flexibility index (Phi) is 11.8. The fourth-order valence-electron chi connectivity index (χ4n) is 9.82. The van der Waals surface area contributed by atoms with E-state index in [1.165, 1.54) is 51.4 Å². The molecule has 0 radical (unpaired) electrons. The van der Waals surface area contributed by atoms with Gasteiger partial charge in [0.15, 0.2) is 0 Å². The van der Waals surface area contributed by atoms with Crippen molar-refractivity contribution in [2.24, 2.45) is 58.2 Å². The molecule has 0 heterocycles. The maximum absolute atomic E-state index is 12.5. The van der Waals surface area contributed by atoms with Crippen LogP contribution in [0, 0.1) is 58.2 Å². The number of Topliss-reactive ketones (excluding diaryl/α,β-unsaturated/α-hetero) is 1. The van der Waals surface area contributed by atoms with Crippen molar-refractivity contribution >= 4 is 22.6 Å². The summed E-state index contributed by atoms with van der Waals surface area (Å²) in [7, 11) is 0. The molecule has 0 aromatic carbocycles. The quantitative estimate of drug-likeness (QED) is 0.267.